The fraction of sp³-hybridized carbons (Fsp3) is 0.733. The second-order valence-electron chi connectivity index (χ2n) is 6.33. The van der Waals surface area contributed by atoms with Gasteiger partial charge in [-0.1, -0.05) is 12.8 Å². The number of nitrogens with zero attached hydrogens (tertiary/aromatic N) is 2. The Balaban J connectivity index is 1.88. The summed E-state index contributed by atoms with van der Waals surface area (Å²) in [6.45, 7) is 7.24. The number of hydrogen-bond donors (Lipinski definition) is 1. The van der Waals surface area contributed by atoms with Crippen LogP contribution < -0.4 is 10.9 Å². The highest BCUT2D eigenvalue weighted by Crippen LogP contribution is 2.20. The Hall–Kier alpha value is -1.36. The van der Waals surface area contributed by atoms with Gasteiger partial charge in [0.05, 0.1) is 12.7 Å². The quantitative estimate of drug-likeness (QED) is 0.841. The normalized spacial score (nSPS) is 16.6. The van der Waals surface area contributed by atoms with Gasteiger partial charge in [0.1, 0.15) is 0 Å². The van der Waals surface area contributed by atoms with Gasteiger partial charge in [-0.25, -0.2) is 4.98 Å². The van der Waals surface area contributed by atoms with Gasteiger partial charge in [-0.3, -0.25) is 4.79 Å². The SMILES string of the molecule is CC(C)(C)n1ccnc(NCCOC2CCCC2)c1=O. The van der Waals surface area contributed by atoms with E-state index in [1.54, 1.807) is 17.0 Å². The molecule has 1 aliphatic carbocycles. The van der Waals surface area contributed by atoms with Crippen LogP contribution in [0.15, 0.2) is 17.2 Å². The summed E-state index contributed by atoms with van der Waals surface area (Å²) in [7, 11) is 0. The topological polar surface area (TPSA) is 56.1 Å². The lowest BCUT2D eigenvalue weighted by Gasteiger charge is -2.22. The average Bonchev–Trinajstić information content (AvgIpc) is 2.88. The van der Waals surface area contributed by atoms with E-state index in [0.717, 1.165) is 0 Å². The molecule has 20 heavy (non-hydrogen) atoms. The average molecular weight is 279 g/mol. The molecule has 1 aliphatic rings. The summed E-state index contributed by atoms with van der Waals surface area (Å²) in [5.74, 6) is 0.400. The van der Waals surface area contributed by atoms with Gasteiger partial charge in [0.15, 0.2) is 5.82 Å². The van der Waals surface area contributed by atoms with Crippen molar-refractivity contribution in [2.24, 2.45) is 0 Å². The minimum absolute atomic E-state index is 0.0825. The van der Waals surface area contributed by atoms with E-state index in [0.29, 0.717) is 25.1 Å². The van der Waals surface area contributed by atoms with Crippen LogP contribution in [0, 0.1) is 0 Å². The van der Waals surface area contributed by atoms with Gasteiger partial charge < -0.3 is 14.6 Å². The van der Waals surface area contributed by atoms with Crippen LogP contribution in [-0.2, 0) is 10.3 Å². The molecule has 1 heterocycles. The van der Waals surface area contributed by atoms with Crippen molar-refractivity contribution in [2.45, 2.75) is 58.1 Å². The number of rotatable bonds is 5. The molecule has 112 valence electrons. The van der Waals surface area contributed by atoms with Gasteiger partial charge in [-0.2, -0.15) is 0 Å². The molecule has 1 aromatic rings. The third kappa shape index (κ3) is 3.82. The van der Waals surface area contributed by atoms with E-state index in [2.05, 4.69) is 10.3 Å². The molecule has 0 aromatic carbocycles. The molecule has 1 aromatic heterocycles. The summed E-state index contributed by atoms with van der Waals surface area (Å²) in [6, 6.07) is 0. The maximum Gasteiger partial charge on any atom is 0.293 e. The first kappa shape index (κ1) is 15.0. The zero-order chi connectivity index (χ0) is 14.6. The Kier molecular flexibility index (Phi) is 4.81. The summed E-state index contributed by atoms with van der Waals surface area (Å²) in [5.41, 5.74) is -0.322. The first-order valence-corrected chi connectivity index (χ1v) is 7.42. The van der Waals surface area contributed by atoms with Crippen molar-refractivity contribution >= 4 is 5.82 Å². The lowest BCUT2D eigenvalue weighted by atomic mass is 10.1. The van der Waals surface area contributed by atoms with Crippen LogP contribution in [0.25, 0.3) is 0 Å². The van der Waals surface area contributed by atoms with Crippen molar-refractivity contribution in [1.29, 1.82) is 0 Å². The molecular formula is C15H25N3O2. The summed E-state index contributed by atoms with van der Waals surface area (Å²) >= 11 is 0. The Morgan fingerprint density at radius 1 is 1.40 bits per heavy atom. The monoisotopic (exact) mass is 279 g/mol. The molecule has 0 unspecified atom stereocenters. The van der Waals surface area contributed by atoms with E-state index in [1.807, 2.05) is 20.8 Å². The van der Waals surface area contributed by atoms with E-state index in [9.17, 15) is 4.79 Å². The van der Waals surface area contributed by atoms with Crippen molar-refractivity contribution < 1.29 is 4.74 Å². The zero-order valence-corrected chi connectivity index (χ0v) is 12.7. The molecule has 0 amide bonds. The largest absolute Gasteiger partial charge is 0.376 e. The van der Waals surface area contributed by atoms with Crippen molar-refractivity contribution in [3.8, 4) is 0 Å². The molecule has 0 aliphatic heterocycles. The van der Waals surface area contributed by atoms with E-state index in [1.165, 1.54) is 25.7 Å². The molecule has 0 atom stereocenters. The van der Waals surface area contributed by atoms with Crippen LogP contribution in [0.3, 0.4) is 0 Å². The van der Waals surface area contributed by atoms with Crippen molar-refractivity contribution in [1.82, 2.24) is 9.55 Å². The van der Waals surface area contributed by atoms with Crippen molar-refractivity contribution in [2.75, 3.05) is 18.5 Å². The fourth-order valence-electron chi connectivity index (χ4n) is 2.51. The summed E-state index contributed by atoms with van der Waals surface area (Å²) in [5, 5.41) is 3.08. The van der Waals surface area contributed by atoms with Crippen LogP contribution >= 0.6 is 0 Å². The third-order valence-electron chi connectivity index (χ3n) is 3.61. The van der Waals surface area contributed by atoms with E-state index in [-0.39, 0.29) is 11.1 Å². The molecule has 1 fully saturated rings. The Morgan fingerprint density at radius 3 is 2.75 bits per heavy atom. The Bertz CT molecular complexity index is 485. The molecule has 5 nitrogen and oxygen atoms in total. The minimum Gasteiger partial charge on any atom is -0.376 e. The smallest absolute Gasteiger partial charge is 0.293 e. The maximum absolute atomic E-state index is 12.3. The van der Waals surface area contributed by atoms with Gasteiger partial charge in [-0.05, 0) is 33.6 Å². The highest BCUT2D eigenvalue weighted by molar-refractivity contribution is 5.30. The van der Waals surface area contributed by atoms with Gasteiger partial charge in [0.25, 0.3) is 5.56 Å². The molecule has 0 spiro atoms. The fourth-order valence-corrected chi connectivity index (χ4v) is 2.51. The molecule has 0 bridgehead atoms. The molecule has 0 radical (unpaired) electrons. The number of ether oxygens (including phenoxy) is 1. The standard InChI is InChI=1S/C15H25N3O2/c1-15(2,3)18-10-8-16-13(14(18)19)17-9-11-20-12-6-4-5-7-12/h8,10,12H,4-7,9,11H2,1-3H3,(H,16,17). The highest BCUT2D eigenvalue weighted by Gasteiger charge is 2.17. The zero-order valence-electron chi connectivity index (χ0n) is 12.7. The van der Waals surface area contributed by atoms with Gasteiger partial charge >= 0.3 is 0 Å². The first-order valence-electron chi connectivity index (χ1n) is 7.42. The lowest BCUT2D eigenvalue weighted by molar-refractivity contribution is 0.0658. The second kappa shape index (κ2) is 6.39. The molecule has 1 saturated carbocycles. The maximum atomic E-state index is 12.3. The number of aromatic nitrogens is 2. The Labute approximate surface area is 120 Å². The van der Waals surface area contributed by atoms with E-state index < -0.39 is 0 Å². The van der Waals surface area contributed by atoms with Gasteiger partial charge in [0, 0.05) is 24.5 Å². The van der Waals surface area contributed by atoms with Gasteiger partial charge in [0.2, 0.25) is 0 Å². The van der Waals surface area contributed by atoms with Crippen LogP contribution in [0.2, 0.25) is 0 Å². The second-order valence-corrected chi connectivity index (χ2v) is 6.33. The molecule has 5 heteroatoms. The molecular weight excluding hydrogens is 254 g/mol. The summed E-state index contributed by atoms with van der Waals surface area (Å²) in [4.78, 5) is 16.4. The van der Waals surface area contributed by atoms with Crippen molar-refractivity contribution in [3.63, 3.8) is 0 Å². The Morgan fingerprint density at radius 2 is 2.10 bits per heavy atom. The lowest BCUT2D eigenvalue weighted by Crippen LogP contribution is -2.35. The predicted molar refractivity (Wildman–Crippen MR) is 80.2 cm³/mol. The van der Waals surface area contributed by atoms with Crippen LogP contribution in [0.5, 0.6) is 0 Å². The molecule has 1 N–H and O–H groups in total. The third-order valence-corrected chi connectivity index (χ3v) is 3.61. The van der Waals surface area contributed by atoms with Crippen LogP contribution in [-0.4, -0.2) is 28.8 Å². The molecule has 0 saturated heterocycles. The minimum atomic E-state index is -0.239. The first-order chi connectivity index (χ1) is 9.48. The molecule has 2 rings (SSSR count). The number of anilines is 1. The van der Waals surface area contributed by atoms with Gasteiger partial charge in [-0.15, -0.1) is 0 Å². The van der Waals surface area contributed by atoms with E-state index in [4.69, 9.17) is 4.74 Å². The number of hydrogen-bond acceptors (Lipinski definition) is 4. The van der Waals surface area contributed by atoms with Crippen LogP contribution in [0.4, 0.5) is 5.82 Å². The number of nitrogens with one attached hydrogen (secondary N) is 1. The van der Waals surface area contributed by atoms with Crippen molar-refractivity contribution in [3.05, 3.63) is 22.7 Å². The summed E-state index contributed by atoms with van der Waals surface area (Å²) in [6.07, 6.45) is 8.67. The van der Waals surface area contributed by atoms with E-state index >= 15 is 0 Å². The summed E-state index contributed by atoms with van der Waals surface area (Å²) < 4.78 is 7.46. The predicted octanol–water partition coefficient (Wildman–Crippen LogP) is 2.37. The van der Waals surface area contributed by atoms with Crippen LogP contribution in [0.1, 0.15) is 46.5 Å². The highest BCUT2D eigenvalue weighted by atomic mass is 16.5.